The molecule has 1 aliphatic rings. The molecule has 1 fully saturated rings. The van der Waals surface area contributed by atoms with Gasteiger partial charge in [0.25, 0.3) is 0 Å². The quantitative estimate of drug-likeness (QED) is 0.798. The highest BCUT2D eigenvalue weighted by Gasteiger charge is 2.43. The summed E-state index contributed by atoms with van der Waals surface area (Å²) in [5.74, 6) is -0.851. The van der Waals surface area contributed by atoms with Crippen LogP contribution in [0.2, 0.25) is 5.02 Å². The summed E-state index contributed by atoms with van der Waals surface area (Å²) < 4.78 is 13.7. The Kier molecular flexibility index (Phi) is 2.32. The number of phenols is 1. The smallest absolute Gasteiger partial charge is 0.150 e. The van der Waals surface area contributed by atoms with Crippen molar-refractivity contribution in [2.75, 3.05) is 0 Å². The standard InChI is InChI=1S/C11H9ClFNO/c12-7-2-3-8(15)9(10(7)13)11(6-14)4-1-5-11/h2-3,15H,1,4-5H2. The van der Waals surface area contributed by atoms with Crippen molar-refractivity contribution in [3.05, 3.63) is 28.5 Å². The van der Waals surface area contributed by atoms with Crippen LogP contribution < -0.4 is 0 Å². The van der Waals surface area contributed by atoms with Gasteiger partial charge in [0.2, 0.25) is 0 Å². The molecule has 2 rings (SSSR count). The van der Waals surface area contributed by atoms with Gasteiger partial charge in [-0.3, -0.25) is 0 Å². The molecule has 0 radical (unpaired) electrons. The van der Waals surface area contributed by atoms with E-state index in [0.29, 0.717) is 12.8 Å². The Balaban J connectivity index is 2.62. The fourth-order valence-corrected chi connectivity index (χ4v) is 2.10. The van der Waals surface area contributed by atoms with E-state index in [1.54, 1.807) is 0 Å². The lowest BCUT2D eigenvalue weighted by atomic mass is 9.65. The summed E-state index contributed by atoms with van der Waals surface area (Å²) in [7, 11) is 0. The zero-order valence-electron chi connectivity index (χ0n) is 7.93. The third kappa shape index (κ3) is 1.37. The Morgan fingerprint density at radius 1 is 1.47 bits per heavy atom. The summed E-state index contributed by atoms with van der Waals surface area (Å²) in [4.78, 5) is 0. The number of phenolic OH excluding ortho intramolecular Hbond substituents is 1. The molecule has 1 aromatic carbocycles. The lowest BCUT2D eigenvalue weighted by Crippen LogP contribution is -2.33. The van der Waals surface area contributed by atoms with E-state index in [0.717, 1.165) is 6.42 Å². The van der Waals surface area contributed by atoms with Crippen LogP contribution in [-0.2, 0) is 5.41 Å². The second kappa shape index (κ2) is 3.39. The Bertz CT molecular complexity index is 449. The number of halogens is 2. The van der Waals surface area contributed by atoms with Gasteiger partial charge in [-0.15, -0.1) is 0 Å². The number of rotatable bonds is 1. The van der Waals surface area contributed by atoms with Gasteiger partial charge in [-0.1, -0.05) is 11.6 Å². The molecule has 0 atom stereocenters. The van der Waals surface area contributed by atoms with Gasteiger partial charge in [-0.2, -0.15) is 5.26 Å². The van der Waals surface area contributed by atoms with Gasteiger partial charge in [0.05, 0.1) is 22.1 Å². The molecular weight excluding hydrogens is 217 g/mol. The van der Waals surface area contributed by atoms with Crippen molar-refractivity contribution in [3.8, 4) is 11.8 Å². The summed E-state index contributed by atoms with van der Waals surface area (Å²) in [6.45, 7) is 0. The van der Waals surface area contributed by atoms with E-state index in [1.807, 2.05) is 0 Å². The largest absolute Gasteiger partial charge is 0.508 e. The first-order valence-corrected chi connectivity index (χ1v) is 5.07. The molecule has 0 spiro atoms. The molecule has 1 saturated carbocycles. The molecular formula is C11H9ClFNO. The minimum atomic E-state index is -0.876. The molecule has 0 unspecified atom stereocenters. The molecule has 78 valence electrons. The summed E-state index contributed by atoms with van der Waals surface area (Å²) >= 11 is 5.63. The van der Waals surface area contributed by atoms with Crippen LogP contribution >= 0.6 is 11.6 Å². The molecule has 0 aromatic heterocycles. The summed E-state index contributed by atoms with van der Waals surface area (Å²) in [6.07, 6.45) is 2.03. The fourth-order valence-electron chi connectivity index (χ4n) is 1.94. The first-order chi connectivity index (χ1) is 7.10. The normalized spacial score (nSPS) is 17.9. The summed E-state index contributed by atoms with van der Waals surface area (Å²) in [5.41, 5.74) is -0.817. The van der Waals surface area contributed by atoms with Crippen molar-refractivity contribution >= 4 is 11.6 Å². The van der Waals surface area contributed by atoms with E-state index >= 15 is 0 Å². The molecule has 1 aromatic rings. The number of nitrogens with zero attached hydrogens (tertiary/aromatic N) is 1. The maximum Gasteiger partial charge on any atom is 0.150 e. The van der Waals surface area contributed by atoms with E-state index in [1.165, 1.54) is 12.1 Å². The topological polar surface area (TPSA) is 44.0 Å². The highest BCUT2D eigenvalue weighted by molar-refractivity contribution is 6.30. The van der Waals surface area contributed by atoms with Crippen LogP contribution in [0.4, 0.5) is 4.39 Å². The number of benzene rings is 1. The summed E-state index contributed by atoms with van der Waals surface area (Å²) in [6, 6.07) is 4.70. The predicted octanol–water partition coefficient (Wildman–Crippen LogP) is 3.13. The number of nitriles is 1. The van der Waals surface area contributed by atoms with Crippen LogP contribution in [0.25, 0.3) is 0 Å². The van der Waals surface area contributed by atoms with E-state index in [9.17, 15) is 9.50 Å². The fraction of sp³-hybridized carbons (Fsp3) is 0.364. The monoisotopic (exact) mass is 225 g/mol. The van der Waals surface area contributed by atoms with Gasteiger partial charge in [-0.05, 0) is 31.4 Å². The molecule has 0 saturated heterocycles. The SMILES string of the molecule is N#CC1(c2c(O)ccc(Cl)c2F)CCC1. The Morgan fingerprint density at radius 2 is 2.13 bits per heavy atom. The van der Waals surface area contributed by atoms with E-state index < -0.39 is 11.2 Å². The van der Waals surface area contributed by atoms with Crippen LogP contribution in [0.5, 0.6) is 5.75 Å². The van der Waals surface area contributed by atoms with Gasteiger partial charge < -0.3 is 5.11 Å². The molecule has 0 bridgehead atoms. The molecule has 0 heterocycles. The van der Waals surface area contributed by atoms with Crippen LogP contribution in [0.1, 0.15) is 24.8 Å². The zero-order valence-corrected chi connectivity index (χ0v) is 8.68. The van der Waals surface area contributed by atoms with Gasteiger partial charge in [-0.25, -0.2) is 4.39 Å². The Hall–Kier alpha value is -1.27. The minimum absolute atomic E-state index is 0.0516. The van der Waals surface area contributed by atoms with Crippen LogP contribution in [-0.4, -0.2) is 5.11 Å². The summed E-state index contributed by atoms with van der Waals surface area (Å²) in [5, 5.41) is 18.6. The Morgan fingerprint density at radius 3 is 2.60 bits per heavy atom. The molecule has 15 heavy (non-hydrogen) atoms. The molecule has 4 heteroatoms. The van der Waals surface area contributed by atoms with E-state index in [2.05, 4.69) is 6.07 Å². The van der Waals surface area contributed by atoms with Gasteiger partial charge >= 0.3 is 0 Å². The molecule has 1 N–H and O–H groups in total. The van der Waals surface area contributed by atoms with Crippen molar-refractivity contribution in [3.63, 3.8) is 0 Å². The van der Waals surface area contributed by atoms with Crippen molar-refractivity contribution in [1.82, 2.24) is 0 Å². The van der Waals surface area contributed by atoms with Gasteiger partial charge in [0.15, 0.2) is 0 Å². The maximum atomic E-state index is 13.7. The lowest BCUT2D eigenvalue weighted by Gasteiger charge is -2.36. The van der Waals surface area contributed by atoms with Crippen molar-refractivity contribution in [2.45, 2.75) is 24.7 Å². The van der Waals surface area contributed by atoms with Crippen molar-refractivity contribution < 1.29 is 9.50 Å². The second-order valence-electron chi connectivity index (χ2n) is 3.80. The average molecular weight is 226 g/mol. The van der Waals surface area contributed by atoms with Crippen LogP contribution in [0.3, 0.4) is 0 Å². The third-order valence-corrected chi connectivity index (χ3v) is 3.26. The maximum absolute atomic E-state index is 13.7. The molecule has 2 nitrogen and oxygen atoms in total. The third-order valence-electron chi connectivity index (χ3n) is 2.97. The van der Waals surface area contributed by atoms with Crippen molar-refractivity contribution in [1.29, 1.82) is 5.26 Å². The van der Waals surface area contributed by atoms with Crippen molar-refractivity contribution in [2.24, 2.45) is 0 Å². The number of aromatic hydroxyl groups is 1. The van der Waals surface area contributed by atoms with E-state index in [-0.39, 0.29) is 16.3 Å². The predicted molar refractivity (Wildman–Crippen MR) is 54.2 cm³/mol. The molecule has 1 aliphatic carbocycles. The zero-order chi connectivity index (χ0) is 11.1. The molecule has 0 amide bonds. The highest BCUT2D eigenvalue weighted by Crippen LogP contribution is 2.48. The van der Waals surface area contributed by atoms with Crippen LogP contribution in [0.15, 0.2) is 12.1 Å². The molecule has 0 aliphatic heterocycles. The minimum Gasteiger partial charge on any atom is -0.508 e. The van der Waals surface area contributed by atoms with Crippen LogP contribution in [0, 0.1) is 17.1 Å². The number of hydrogen-bond donors (Lipinski definition) is 1. The lowest BCUT2D eigenvalue weighted by molar-refractivity contribution is 0.300. The Labute approximate surface area is 91.9 Å². The number of hydrogen-bond acceptors (Lipinski definition) is 2. The average Bonchev–Trinajstić information content (AvgIpc) is 2.16. The second-order valence-corrected chi connectivity index (χ2v) is 4.21. The van der Waals surface area contributed by atoms with E-state index in [4.69, 9.17) is 16.9 Å². The van der Waals surface area contributed by atoms with Gasteiger partial charge in [0.1, 0.15) is 11.6 Å². The first kappa shape index (κ1) is 10.3. The first-order valence-electron chi connectivity index (χ1n) is 4.69. The highest BCUT2D eigenvalue weighted by atomic mass is 35.5. The van der Waals surface area contributed by atoms with Gasteiger partial charge in [0, 0.05) is 0 Å².